The fourth-order valence-corrected chi connectivity index (χ4v) is 14.8. The number of thioether (sulfide) groups is 1. The van der Waals surface area contributed by atoms with Gasteiger partial charge in [-0.3, -0.25) is 24.0 Å². The van der Waals surface area contributed by atoms with Crippen molar-refractivity contribution in [3.8, 4) is 11.1 Å². The molecular formula is C74H92N6O20S. The lowest BCUT2D eigenvalue weighted by atomic mass is 9.94. The van der Waals surface area contributed by atoms with Gasteiger partial charge in [-0.05, 0) is 58.5 Å². The van der Waals surface area contributed by atoms with Crippen molar-refractivity contribution in [3.05, 3.63) is 167 Å². The monoisotopic (exact) mass is 1420 g/mol. The summed E-state index contributed by atoms with van der Waals surface area (Å²) >= 11 is 1.56. The number of hydrogen-bond donors (Lipinski definition) is 5. The molecule has 16 atom stereocenters. The van der Waals surface area contributed by atoms with E-state index in [0.717, 1.165) is 38.9 Å². The lowest BCUT2D eigenvalue weighted by Gasteiger charge is -2.56. The molecule has 11 rings (SSSR count). The van der Waals surface area contributed by atoms with Crippen molar-refractivity contribution in [3.63, 3.8) is 0 Å². The van der Waals surface area contributed by atoms with Crippen LogP contribution in [0.4, 0.5) is 4.79 Å². The second-order valence-electron chi connectivity index (χ2n) is 25.8. The number of aliphatic hydroxyl groups excluding tert-OH is 1. The number of rotatable bonds is 30. The molecule has 0 spiro atoms. The van der Waals surface area contributed by atoms with Crippen molar-refractivity contribution in [1.82, 2.24) is 31.1 Å². The van der Waals surface area contributed by atoms with Crippen LogP contribution in [0.2, 0.25) is 0 Å². The fourth-order valence-electron chi connectivity index (χ4n) is 13.9. The highest BCUT2D eigenvalue weighted by Crippen LogP contribution is 2.46. The molecule has 5 heterocycles. The normalized spacial score (nSPS) is 29.1. The van der Waals surface area contributed by atoms with E-state index in [9.17, 15) is 33.9 Å². The quantitative estimate of drug-likeness (QED) is 0.0406. The van der Waals surface area contributed by atoms with Crippen LogP contribution in [0.5, 0.6) is 0 Å². The number of alkyl carbamates (subject to hydrolysis) is 1. The van der Waals surface area contributed by atoms with Gasteiger partial charge >= 0.3 is 6.09 Å². The molecule has 5 saturated heterocycles. The average Bonchev–Trinajstić information content (AvgIpc) is 1.55. The zero-order chi connectivity index (χ0) is 71.2. The average molecular weight is 1420 g/mol. The van der Waals surface area contributed by atoms with Gasteiger partial charge in [0.25, 0.3) is 0 Å². The summed E-state index contributed by atoms with van der Waals surface area (Å²) in [7, 11) is 5.69. The maximum absolute atomic E-state index is 14.7. The summed E-state index contributed by atoms with van der Waals surface area (Å²) in [6.45, 7) is 3.73. The minimum absolute atomic E-state index is 0.00463. The van der Waals surface area contributed by atoms with Gasteiger partial charge in [-0.1, -0.05) is 146 Å². The van der Waals surface area contributed by atoms with Crippen LogP contribution in [0.1, 0.15) is 67.3 Å². The third-order valence-corrected chi connectivity index (χ3v) is 20.6. The van der Waals surface area contributed by atoms with Gasteiger partial charge < -0.3 is 97.8 Å². The first-order valence-electron chi connectivity index (χ1n) is 34.2. The molecule has 0 saturated carbocycles. The van der Waals surface area contributed by atoms with E-state index in [-0.39, 0.29) is 78.0 Å². The lowest BCUT2D eigenvalue weighted by molar-refractivity contribution is -0.483. The molecule has 2 unspecified atom stereocenters. The number of amides is 6. The van der Waals surface area contributed by atoms with Gasteiger partial charge in [-0.15, -0.1) is 11.8 Å². The SMILES string of the molecule is CCS[C@@H]1O[C@H](COC2C[C@@H](C(=O)NCC(=O)NC)N(C(=O)CNC(=O)[C@@H]3CC(OC[C@H]4O[C@H](OC)[C@@H]5O[C@@](C)(OC)[C@](C)(OC)O[C@H]5[C@@H]4O)CN3C(=O)CNC(=O)OCC3c4ccccc4-c4ccccc43)C2)[C@@H](OCc2ccccc2)[C@H](OCc2ccccc2)[C@H]1OCc1ccccc1. The summed E-state index contributed by atoms with van der Waals surface area (Å²) in [6, 6.07) is 42.7. The van der Waals surface area contributed by atoms with Crippen LogP contribution in [0.15, 0.2) is 140 Å². The summed E-state index contributed by atoms with van der Waals surface area (Å²) in [4.78, 5) is 86.6. The number of likely N-dealkylation sites (tertiary alicyclic amines) is 2. The predicted octanol–water partition coefficient (Wildman–Crippen LogP) is 4.95. The van der Waals surface area contributed by atoms with E-state index < -0.39 is 145 Å². The molecule has 0 aromatic heterocycles. The number of benzene rings is 5. The largest absolute Gasteiger partial charge is 0.449 e. The Kier molecular flexibility index (Phi) is 25.7. The first-order chi connectivity index (χ1) is 48.9. The van der Waals surface area contributed by atoms with E-state index in [4.69, 9.17) is 61.6 Å². The van der Waals surface area contributed by atoms with Gasteiger partial charge in [0.1, 0.15) is 79.5 Å². The number of nitrogens with one attached hydrogen (secondary N) is 4. The highest BCUT2D eigenvalue weighted by molar-refractivity contribution is 7.99. The van der Waals surface area contributed by atoms with Crippen molar-refractivity contribution in [2.24, 2.45) is 0 Å². The van der Waals surface area contributed by atoms with Crippen LogP contribution in [-0.4, -0.2) is 234 Å². The maximum Gasteiger partial charge on any atom is 0.407 e. The summed E-state index contributed by atoms with van der Waals surface area (Å²) < 4.78 is 82.4. The van der Waals surface area contributed by atoms with Crippen LogP contribution in [0, 0.1) is 0 Å². The van der Waals surface area contributed by atoms with Gasteiger partial charge in [0.05, 0.1) is 58.3 Å². The number of aliphatic hydroxyl groups is 1. The number of methoxy groups -OCH3 is 3. The molecule has 26 nitrogen and oxygen atoms in total. The summed E-state index contributed by atoms with van der Waals surface area (Å²) in [5.41, 5.74) is 6.35. The number of hydrogen-bond acceptors (Lipinski definition) is 21. The Labute approximate surface area is 592 Å². The van der Waals surface area contributed by atoms with Crippen molar-refractivity contribution in [2.45, 2.75) is 156 Å². The lowest BCUT2D eigenvalue weighted by Crippen LogP contribution is -2.73. The van der Waals surface area contributed by atoms with E-state index in [1.807, 2.05) is 146 Å². The van der Waals surface area contributed by atoms with Gasteiger partial charge in [-0.2, -0.15) is 0 Å². The Morgan fingerprint density at radius 3 is 1.52 bits per heavy atom. The van der Waals surface area contributed by atoms with E-state index in [2.05, 4.69) is 21.3 Å². The van der Waals surface area contributed by atoms with Crippen LogP contribution in [-0.2, 0) is 105 Å². The Morgan fingerprint density at radius 2 is 1.02 bits per heavy atom. The third kappa shape index (κ3) is 17.6. The van der Waals surface area contributed by atoms with Gasteiger partial charge in [0, 0.05) is 60.2 Å². The second kappa shape index (κ2) is 34.7. The predicted molar refractivity (Wildman–Crippen MR) is 367 cm³/mol. The topological polar surface area (TPSA) is 297 Å². The molecule has 6 amide bonds. The fraction of sp³-hybridized carbons (Fsp3) is 0.514. The zero-order valence-electron chi connectivity index (χ0n) is 57.8. The molecule has 5 aromatic rings. The van der Waals surface area contributed by atoms with Crippen LogP contribution < -0.4 is 21.3 Å². The summed E-state index contributed by atoms with van der Waals surface area (Å²) in [5, 5.41) is 22.2. The molecule has 5 aromatic carbocycles. The van der Waals surface area contributed by atoms with Gasteiger partial charge in [0.2, 0.25) is 41.1 Å². The molecule has 0 radical (unpaired) electrons. The summed E-state index contributed by atoms with van der Waals surface area (Å²) in [6.07, 6.45) is -11.0. The molecule has 6 aliphatic rings. The van der Waals surface area contributed by atoms with E-state index in [1.54, 1.807) is 25.6 Å². The Balaban J connectivity index is 0.788. The highest BCUT2D eigenvalue weighted by atomic mass is 32.2. The number of carbonyl (C=O) groups is 6. The molecular weight excluding hydrogens is 1320 g/mol. The number of nitrogens with zero attached hydrogens (tertiary/aromatic N) is 2. The van der Waals surface area contributed by atoms with Crippen molar-refractivity contribution in [1.29, 1.82) is 0 Å². The number of likely N-dealkylation sites (N-methyl/N-ethyl adjacent to an activating group) is 1. The smallest absolute Gasteiger partial charge is 0.407 e. The van der Waals surface area contributed by atoms with Crippen LogP contribution >= 0.6 is 11.8 Å². The maximum atomic E-state index is 14.7. The Hall–Kier alpha value is -7.45. The zero-order valence-corrected chi connectivity index (χ0v) is 58.7. The Bertz CT molecular complexity index is 3550. The Morgan fingerprint density at radius 1 is 0.554 bits per heavy atom. The standard InChI is InChI=1S/C74H92N6O20S/c1-8-101-71-67(95-41-47-26-16-11-17-27-47)65(94-40-46-24-14-10-15-25-46)63(93-39-45-22-12-9-13-23-45)58(98-71)44-92-49-33-55(68(85)76-34-59(81)75-4)79(38-49)60(82)35-77-69(86)56-32-48(91-43-57-62(84)64-66(70(88-5)97-57)100-74(3,90-7)73(2,89-6)99-64)37-80(56)61(83)36-78-72(87)96-42-54-52-30-20-18-28-50(52)51-29-19-21-31-53(51)54/h9-31,48-49,54-58,62-67,70-71,84H,8,32-44H2,1-7H3,(H,75,81)(H,76,85)(H,77,86)(H,78,87)/t48?,49?,55-,56-,57+,58+,62+,63+,64-,65-,66+,67+,70-,71-,73+,74+/m0/s1. The molecule has 5 aliphatic heterocycles. The first kappa shape index (κ1) is 74.7. The first-order valence-corrected chi connectivity index (χ1v) is 35.2. The molecule has 544 valence electrons. The molecule has 27 heteroatoms. The third-order valence-electron chi connectivity index (χ3n) is 19.6. The highest BCUT2D eigenvalue weighted by Gasteiger charge is 2.63. The number of fused-ring (bicyclic) bond motifs is 4. The molecule has 5 fully saturated rings. The second-order valence-corrected chi connectivity index (χ2v) is 27.2. The van der Waals surface area contributed by atoms with Crippen molar-refractivity contribution >= 4 is 47.4 Å². The molecule has 5 N–H and O–H groups in total. The number of carbonyl (C=O) groups excluding carboxylic acids is 6. The number of ether oxygens (including phenoxy) is 13. The molecule has 0 bridgehead atoms. The minimum atomic E-state index is -1.49. The summed E-state index contributed by atoms with van der Waals surface area (Å²) in [5.74, 6) is -5.71. The van der Waals surface area contributed by atoms with Gasteiger partial charge in [0.15, 0.2) is 6.29 Å². The van der Waals surface area contributed by atoms with Gasteiger partial charge in [-0.25, -0.2) is 4.79 Å². The van der Waals surface area contributed by atoms with E-state index >= 15 is 0 Å². The van der Waals surface area contributed by atoms with Crippen LogP contribution in [0.25, 0.3) is 11.1 Å². The van der Waals surface area contributed by atoms with E-state index in [0.29, 0.717) is 5.75 Å². The van der Waals surface area contributed by atoms with E-state index in [1.165, 1.54) is 38.2 Å². The van der Waals surface area contributed by atoms with Crippen molar-refractivity contribution < 1.29 is 95.5 Å². The van der Waals surface area contributed by atoms with Crippen LogP contribution in [0.3, 0.4) is 0 Å². The van der Waals surface area contributed by atoms with Crippen molar-refractivity contribution in [2.75, 3.05) is 86.7 Å². The molecule has 101 heavy (non-hydrogen) atoms. The molecule has 1 aliphatic carbocycles. The minimum Gasteiger partial charge on any atom is -0.449 e.